The van der Waals surface area contributed by atoms with Crippen molar-refractivity contribution in [1.82, 2.24) is 10.6 Å². The molecule has 0 fully saturated rings. The van der Waals surface area contributed by atoms with Crippen molar-refractivity contribution < 1.29 is 38.2 Å². The lowest BCUT2D eigenvalue weighted by molar-refractivity contribution is -0.153. The molecular weight excluding hydrogens is 618 g/mol. The highest BCUT2D eigenvalue weighted by atomic mass is 16.6. The number of esters is 2. The number of rotatable bonds is 11. The Bertz CT molecular complexity index is 1700. The van der Waals surface area contributed by atoms with E-state index in [1.165, 1.54) is 24.0 Å². The number of fused-ring (bicyclic) bond motifs is 2. The van der Waals surface area contributed by atoms with Crippen LogP contribution in [0.15, 0.2) is 54.6 Å². The van der Waals surface area contributed by atoms with Gasteiger partial charge in [-0.15, -0.1) is 0 Å². The molecule has 1 aliphatic rings. The number of hydrogen-bond acceptors (Lipinski definition) is 10. The average molecular weight is 662 g/mol. The molecule has 0 saturated heterocycles. The van der Waals surface area contributed by atoms with Gasteiger partial charge < -0.3 is 35.1 Å². The number of para-hydroxylation sites is 2. The zero-order chi connectivity index (χ0) is 35.2. The minimum atomic E-state index is -1.16. The van der Waals surface area contributed by atoms with E-state index in [1.807, 2.05) is 6.07 Å². The van der Waals surface area contributed by atoms with Gasteiger partial charge in [0.05, 0.1) is 56.8 Å². The molecule has 13 nitrogen and oxygen atoms in total. The summed E-state index contributed by atoms with van der Waals surface area (Å²) in [5.74, 6) is -1.85. The summed E-state index contributed by atoms with van der Waals surface area (Å²) in [5, 5.41) is 7.09. The highest BCUT2D eigenvalue weighted by Crippen LogP contribution is 2.37. The van der Waals surface area contributed by atoms with E-state index in [4.69, 9.17) is 19.9 Å². The third kappa shape index (κ3) is 8.28. The van der Waals surface area contributed by atoms with Crippen molar-refractivity contribution in [3.05, 3.63) is 65.7 Å². The smallest absolute Gasteiger partial charge is 0.337 e. The number of ether oxygens (including phenoxy) is 3. The summed E-state index contributed by atoms with van der Waals surface area (Å²) < 4.78 is 15.9. The lowest BCUT2D eigenvalue weighted by atomic mass is 10.00. The number of nitrogens with zero attached hydrogens (tertiary/aromatic N) is 2. The summed E-state index contributed by atoms with van der Waals surface area (Å²) in [4.78, 5) is 68.8. The van der Waals surface area contributed by atoms with Crippen LogP contribution in [0.4, 0.5) is 11.4 Å². The van der Waals surface area contributed by atoms with Gasteiger partial charge in [-0.2, -0.15) is 0 Å². The Morgan fingerprint density at radius 2 is 1.73 bits per heavy atom. The normalized spacial score (nSPS) is 15.3. The first-order valence-electron chi connectivity index (χ1n) is 15.6. The van der Waals surface area contributed by atoms with Gasteiger partial charge in [0.2, 0.25) is 11.8 Å². The summed E-state index contributed by atoms with van der Waals surface area (Å²) in [5.41, 5.74) is 6.99. The molecule has 3 aromatic rings. The molecule has 0 bridgehead atoms. The lowest BCUT2D eigenvalue weighted by Crippen LogP contribution is -2.56. The monoisotopic (exact) mass is 661 g/mol. The van der Waals surface area contributed by atoms with E-state index >= 15 is 0 Å². The highest BCUT2D eigenvalue weighted by Gasteiger charge is 2.38. The Morgan fingerprint density at radius 1 is 1.02 bits per heavy atom. The van der Waals surface area contributed by atoms with E-state index in [-0.39, 0.29) is 38.5 Å². The largest absolute Gasteiger partial charge is 0.496 e. The average Bonchev–Trinajstić information content (AvgIpc) is 3.16. The molecule has 2 unspecified atom stereocenters. The van der Waals surface area contributed by atoms with E-state index in [1.54, 1.807) is 76.2 Å². The maximum absolute atomic E-state index is 14.5. The summed E-state index contributed by atoms with van der Waals surface area (Å²) in [6.07, 6.45) is 0.0245. The Kier molecular flexibility index (Phi) is 11.4. The molecule has 0 radical (unpaired) electrons. The Balaban J connectivity index is 1.73. The number of nitrogens with two attached hydrogens (primary N) is 1. The molecule has 3 amide bonds. The summed E-state index contributed by atoms with van der Waals surface area (Å²) in [7, 11) is 2.83. The first-order chi connectivity index (χ1) is 22.8. The molecule has 4 rings (SSSR count). The number of methoxy groups -OCH3 is 2. The number of nitrogens with one attached hydrogen (secondary N) is 2. The Morgan fingerprint density at radius 3 is 2.38 bits per heavy atom. The van der Waals surface area contributed by atoms with Gasteiger partial charge in [-0.1, -0.05) is 24.3 Å². The van der Waals surface area contributed by atoms with Gasteiger partial charge in [0.25, 0.3) is 5.91 Å². The Hall–Kier alpha value is -5.01. The van der Waals surface area contributed by atoms with Gasteiger partial charge in [0, 0.05) is 18.5 Å². The van der Waals surface area contributed by atoms with Crippen LogP contribution in [0.1, 0.15) is 50.0 Å². The second kappa shape index (κ2) is 15.3. The zero-order valence-corrected chi connectivity index (χ0v) is 28.1. The fourth-order valence-corrected chi connectivity index (χ4v) is 5.49. The number of anilines is 2. The fourth-order valence-electron chi connectivity index (χ4n) is 5.49. The number of carbonyl (C=O) groups is 5. The summed E-state index contributed by atoms with van der Waals surface area (Å²) in [6, 6.07) is 13.6. The van der Waals surface area contributed by atoms with Crippen LogP contribution >= 0.6 is 0 Å². The van der Waals surface area contributed by atoms with Crippen molar-refractivity contribution in [3.8, 4) is 5.75 Å². The van der Waals surface area contributed by atoms with E-state index < -0.39 is 41.4 Å². The van der Waals surface area contributed by atoms with Crippen LogP contribution in [-0.4, -0.2) is 81.2 Å². The highest BCUT2D eigenvalue weighted by molar-refractivity contribution is 6.08. The predicted octanol–water partition coefficient (Wildman–Crippen LogP) is 2.67. The fraction of sp³-hybridized carbons (Fsp3) is 0.400. The first-order valence-corrected chi connectivity index (χ1v) is 15.6. The quantitative estimate of drug-likeness (QED) is 0.260. The molecule has 0 spiro atoms. The second-order valence-corrected chi connectivity index (χ2v) is 12.4. The van der Waals surface area contributed by atoms with Crippen LogP contribution < -0.4 is 30.9 Å². The van der Waals surface area contributed by atoms with Crippen molar-refractivity contribution in [2.45, 2.75) is 58.3 Å². The molecule has 3 aromatic carbocycles. The van der Waals surface area contributed by atoms with Crippen LogP contribution in [0.3, 0.4) is 0 Å². The molecule has 4 N–H and O–H groups in total. The molecule has 0 aromatic heterocycles. The van der Waals surface area contributed by atoms with Crippen LogP contribution in [0.5, 0.6) is 5.75 Å². The van der Waals surface area contributed by atoms with Crippen LogP contribution in [0.2, 0.25) is 0 Å². The van der Waals surface area contributed by atoms with Crippen molar-refractivity contribution in [2.75, 3.05) is 43.7 Å². The van der Waals surface area contributed by atoms with E-state index in [0.717, 1.165) is 10.8 Å². The zero-order valence-electron chi connectivity index (χ0n) is 28.1. The number of amides is 3. The van der Waals surface area contributed by atoms with Gasteiger partial charge in [-0.05, 0) is 68.8 Å². The van der Waals surface area contributed by atoms with E-state index in [2.05, 4.69) is 10.6 Å². The maximum atomic E-state index is 14.5. The van der Waals surface area contributed by atoms with Gasteiger partial charge in [-0.25, -0.2) is 4.79 Å². The van der Waals surface area contributed by atoms with Gasteiger partial charge in [0.1, 0.15) is 17.4 Å². The maximum Gasteiger partial charge on any atom is 0.337 e. The first kappa shape index (κ1) is 35.8. The summed E-state index contributed by atoms with van der Waals surface area (Å²) >= 11 is 0. The van der Waals surface area contributed by atoms with E-state index in [9.17, 15) is 24.0 Å². The SMILES string of the molecule is COC(=O)c1ccc2c(CN3C(=O)C(NC(=O)C(C)NCC(=O)OC(C)(C)C)CN(C(=O)CCN)c4ccccc43)c(OC)ccc2c1. The molecule has 0 saturated carbocycles. The molecule has 256 valence electrons. The van der Waals surface area contributed by atoms with Crippen molar-refractivity contribution >= 4 is 51.8 Å². The van der Waals surface area contributed by atoms with Crippen molar-refractivity contribution in [2.24, 2.45) is 5.73 Å². The minimum absolute atomic E-state index is 0.00562. The third-order valence-corrected chi connectivity index (χ3v) is 7.78. The topological polar surface area (TPSA) is 170 Å². The van der Waals surface area contributed by atoms with Crippen molar-refractivity contribution in [1.29, 1.82) is 0 Å². The number of benzene rings is 3. The minimum Gasteiger partial charge on any atom is -0.496 e. The molecule has 2 atom stereocenters. The third-order valence-electron chi connectivity index (χ3n) is 7.78. The van der Waals surface area contributed by atoms with Crippen molar-refractivity contribution in [3.63, 3.8) is 0 Å². The second-order valence-electron chi connectivity index (χ2n) is 12.4. The number of hydrogen-bond donors (Lipinski definition) is 3. The molecule has 1 heterocycles. The van der Waals surface area contributed by atoms with Gasteiger partial charge in [0.15, 0.2) is 0 Å². The van der Waals surface area contributed by atoms with Crippen LogP contribution in [-0.2, 0) is 35.2 Å². The molecular formula is C35H43N5O8. The van der Waals surface area contributed by atoms with Gasteiger partial charge in [-0.3, -0.25) is 24.5 Å². The van der Waals surface area contributed by atoms with Crippen LogP contribution in [0.25, 0.3) is 10.8 Å². The molecule has 48 heavy (non-hydrogen) atoms. The Labute approximate surface area is 279 Å². The molecule has 0 aliphatic carbocycles. The molecule has 1 aliphatic heterocycles. The molecule has 13 heteroatoms. The predicted molar refractivity (Wildman–Crippen MR) is 181 cm³/mol. The lowest BCUT2D eigenvalue weighted by Gasteiger charge is -2.27. The van der Waals surface area contributed by atoms with Gasteiger partial charge >= 0.3 is 11.9 Å². The summed E-state index contributed by atoms with van der Waals surface area (Å²) in [6.45, 7) is 6.53. The van der Waals surface area contributed by atoms with E-state index in [0.29, 0.717) is 28.3 Å². The van der Waals surface area contributed by atoms with Crippen LogP contribution in [0, 0.1) is 0 Å². The number of carbonyl (C=O) groups excluding carboxylic acids is 5. The standard InChI is InChI=1S/C35H43N5O8/c1-21(37-18-31(42)48-35(2,3)4)32(43)38-26-20-39(30(41)15-16-36)27-9-7-8-10-28(27)40(33(26)44)19-25-24-13-11-23(34(45)47-6)17-22(24)12-14-29(25)46-5/h7-14,17,21,26,37H,15-16,18-20,36H2,1-6H3,(H,38,43).